The lowest BCUT2D eigenvalue weighted by Gasteiger charge is -2.19. The van der Waals surface area contributed by atoms with Gasteiger partial charge in [-0.25, -0.2) is 9.67 Å². The molecule has 0 aliphatic carbocycles. The maximum absolute atomic E-state index is 4.42. The molecule has 0 saturated carbocycles. The van der Waals surface area contributed by atoms with E-state index in [1.807, 2.05) is 11.7 Å². The lowest BCUT2D eigenvalue weighted by atomic mass is 9.97. The van der Waals surface area contributed by atoms with Crippen LogP contribution in [0.3, 0.4) is 0 Å². The molecule has 21 heavy (non-hydrogen) atoms. The number of aryl methyl sites for hydroxylation is 2. The average Bonchev–Trinajstić information content (AvgIpc) is 2.90. The summed E-state index contributed by atoms with van der Waals surface area (Å²) in [5.41, 5.74) is 4.08. The molecule has 1 aromatic carbocycles. The van der Waals surface area contributed by atoms with E-state index in [1.54, 1.807) is 6.33 Å². The Balaban J connectivity index is 2.13. The largest absolute Gasteiger partial charge is 0.316 e. The fraction of sp³-hybridized carbons (Fsp3) is 0.529. The first-order chi connectivity index (χ1) is 10.0. The minimum atomic E-state index is 0.348. The van der Waals surface area contributed by atoms with E-state index >= 15 is 0 Å². The van der Waals surface area contributed by atoms with E-state index in [9.17, 15) is 0 Å². The van der Waals surface area contributed by atoms with E-state index in [4.69, 9.17) is 0 Å². The Hall–Kier alpha value is -1.68. The molecular weight excluding hydrogens is 260 g/mol. The Morgan fingerprint density at radius 2 is 1.95 bits per heavy atom. The summed E-state index contributed by atoms with van der Waals surface area (Å²) < 4.78 is 2.01. The van der Waals surface area contributed by atoms with Crippen LogP contribution in [0.1, 0.15) is 42.4 Å². The predicted octanol–water partition coefficient (Wildman–Crippen LogP) is 2.85. The van der Waals surface area contributed by atoms with Crippen LogP contribution in [0.15, 0.2) is 24.5 Å². The van der Waals surface area contributed by atoms with Gasteiger partial charge in [0.05, 0.1) is 0 Å². The fourth-order valence-corrected chi connectivity index (χ4v) is 2.63. The second-order valence-electron chi connectivity index (χ2n) is 6.04. The van der Waals surface area contributed by atoms with Crippen LogP contribution < -0.4 is 5.32 Å². The zero-order valence-corrected chi connectivity index (χ0v) is 13.7. The van der Waals surface area contributed by atoms with Gasteiger partial charge in [-0.15, -0.1) is 0 Å². The van der Waals surface area contributed by atoms with Gasteiger partial charge in [0.15, 0.2) is 0 Å². The number of hydrogen-bond donors (Lipinski definition) is 1. The van der Waals surface area contributed by atoms with Crippen molar-refractivity contribution in [1.82, 2.24) is 20.1 Å². The fourth-order valence-electron chi connectivity index (χ4n) is 2.63. The summed E-state index contributed by atoms with van der Waals surface area (Å²) in [5.74, 6) is 1.05. The van der Waals surface area contributed by atoms with Gasteiger partial charge in [-0.3, -0.25) is 0 Å². The molecule has 4 heteroatoms. The second kappa shape index (κ2) is 6.85. The number of rotatable bonds is 6. The molecule has 0 fully saturated rings. The van der Waals surface area contributed by atoms with Crippen LogP contribution in [0.5, 0.6) is 0 Å². The quantitative estimate of drug-likeness (QED) is 0.888. The Kier molecular flexibility index (Phi) is 5.12. The third kappa shape index (κ3) is 3.91. The van der Waals surface area contributed by atoms with Crippen LogP contribution >= 0.6 is 0 Å². The van der Waals surface area contributed by atoms with Crippen LogP contribution in [0.25, 0.3) is 0 Å². The highest BCUT2D eigenvalue weighted by Gasteiger charge is 2.15. The number of likely N-dealkylation sites (N-methyl/N-ethyl adjacent to an activating group) is 1. The van der Waals surface area contributed by atoms with Crippen molar-refractivity contribution in [2.75, 3.05) is 7.05 Å². The highest BCUT2D eigenvalue weighted by molar-refractivity contribution is 5.31. The van der Waals surface area contributed by atoms with Crippen LogP contribution in [0, 0.1) is 13.8 Å². The maximum Gasteiger partial charge on any atom is 0.138 e. The molecule has 0 aliphatic heterocycles. The highest BCUT2D eigenvalue weighted by Crippen LogP contribution is 2.15. The first-order valence-electron chi connectivity index (χ1n) is 7.63. The Bertz CT molecular complexity index is 586. The number of nitrogens with one attached hydrogen (secondary N) is 1. The smallest absolute Gasteiger partial charge is 0.138 e. The van der Waals surface area contributed by atoms with Crippen LogP contribution in [-0.2, 0) is 12.8 Å². The van der Waals surface area contributed by atoms with Gasteiger partial charge in [0.2, 0.25) is 0 Å². The lowest BCUT2D eigenvalue weighted by Crippen LogP contribution is -2.31. The SMILES string of the molecule is CNC(Cc1cc(C)ccc1C)Cc1ncnn1C(C)C. The number of hydrogen-bond acceptors (Lipinski definition) is 3. The highest BCUT2D eigenvalue weighted by atomic mass is 15.3. The van der Waals surface area contributed by atoms with Crippen molar-refractivity contribution < 1.29 is 0 Å². The van der Waals surface area contributed by atoms with Crippen LogP contribution in [0.2, 0.25) is 0 Å². The Morgan fingerprint density at radius 3 is 2.62 bits per heavy atom. The van der Waals surface area contributed by atoms with Crippen molar-refractivity contribution in [3.05, 3.63) is 47.0 Å². The van der Waals surface area contributed by atoms with Crippen molar-refractivity contribution >= 4 is 0 Å². The Labute approximate surface area is 127 Å². The molecule has 1 aromatic heterocycles. The molecule has 2 aromatic rings. The van der Waals surface area contributed by atoms with Crippen molar-refractivity contribution in [2.24, 2.45) is 0 Å². The van der Waals surface area contributed by atoms with E-state index in [2.05, 4.69) is 61.3 Å². The molecular formula is C17H26N4. The van der Waals surface area contributed by atoms with E-state index in [-0.39, 0.29) is 0 Å². The van der Waals surface area contributed by atoms with E-state index in [0.29, 0.717) is 12.1 Å². The zero-order valence-electron chi connectivity index (χ0n) is 13.7. The minimum Gasteiger partial charge on any atom is -0.316 e. The molecule has 1 atom stereocenters. The Morgan fingerprint density at radius 1 is 1.19 bits per heavy atom. The molecule has 0 radical (unpaired) electrons. The van der Waals surface area contributed by atoms with Gasteiger partial charge in [-0.1, -0.05) is 23.8 Å². The topological polar surface area (TPSA) is 42.7 Å². The molecule has 1 N–H and O–H groups in total. The van der Waals surface area contributed by atoms with Gasteiger partial charge in [-0.2, -0.15) is 5.10 Å². The van der Waals surface area contributed by atoms with Gasteiger partial charge in [-0.05, 0) is 52.3 Å². The molecule has 0 aliphatic rings. The van der Waals surface area contributed by atoms with Gasteiger partial charge in [0, 0.05) is 18.5 Å². The molecule has 114 valence electrons. The summed E-state index contributed by atoms with van der Waals surface area (Å²) in [6.45, 7) is 8.60. The van der Waals surface area contributed by atoms with E-state index < -0.39 is 0 Å². The molecule has 0 bridgehead atoms. The summed E-state index contributed by atoms with van der Waals surface area (Å²) in [6, 6.07) is 7.37. The third-order valence-electron chi connectivity index (χ3n) is 3.94. The summed E-state index contributed by atoms with van der Waals surface area (Å²) in [5, 5.41) is 7.74. The summed E-state index contributed by atoms with van der Waals surface area (Å²) >= 11 is 0. The molecule has 2 rings (SSSR count). The standard InChI is InChI=1S/C17H26N4/c1-12(2)21-17(19-11-20-21)10-16(18-5)9-15-8-13(3)6-7-14(15)4/h6-8,11-12,16,18H,9-10H2,1-5H3. The van der Waals surface area contributed by atoms with Crippen molar-refractivity contribution in [1.29, 1.82) is 0 Å². The van der Waals surface area contributed by atoms with Crippen LogP contribution in [0.4, 0.5) is 0 Å². The van der Waals surface area contributed by atoms with E-state index in [1.165, 1.54) is 16.7 Å². The first-order valence-corrected chi connectivity index (χ1v) is 7.63. The maximum atomic E-state index is 4.42. The number of nitrogens with zero attached hydrogens (tertiary/aromatic N) is 3. The van der Waals surface area contributed by atoms with E-state index in [0.717, 1.165) is 18.7 Å². The third-order valence-corrected chi connectivity index (χ3v) is 3.94. The number of benzene rings is 1. The second-order valence-corrected chi connectivity index (χ2v) is 6.04. The summed E-state index contributed by atoms with van der Waals surface area (Å²) in [4.78, 5) is 4.42. The monoisotopic (exact) mass is 286 g/mol. The first kappa shape index (κ1) is 15.7. The molecule has 0 spiro atoms. The van der Waals surface area contributed by atoms with Crippen LogP contribution in [-0.4, -0.2) is 27.9 Å². The summed E-state index contributed by atoms with van der Waals surface area (Å²) in [6.07, 6.45) is 3.55. The lowest BCUT2D eigenvalue weighted by molar-refractivity contribution is 0.470. The normalized spacial score (nSPS) is 12.9. The van der Waals surface area contributed by atoms with Gasteiger partial charge in [0.25, 0.3) is 0 Å². The molecule has 1 unspecified atom stereocenters. The van der Waals surface area contributed by atoms with Gasteiger partial charge in [0.1, 0.15) is 12.2 Å². The molecule has 4 nitrogen and oxygen atoms in total. The van der Waals surface area contributed by atoms with Gasteiger partial charge >= 0.3 is 0 Å². The van der Waals surface area contributed by atoms with Gasteiger partial charge < -0.3 is 5.32 Å². The predicted molar refractivity (Wildman–Crippen MR) is 86.6 cm³/mol. The number of aromatic nitrogens is 3. The van der Waals surface area contributed by atoms with Crippen molar-refractivity contribution in [3.63, 3.8) is 0 Å². The minimum absolute atomic E-state index is 0.348. The summed E-state index contributed by atoms with van der Waals surface area (Å²) in [7, 11) is 2.02. The van der Waals surface area contributed by atoms with Crippen molar-refractivity contribution in [3.8, 4) is 0 Å². The molecule has 0 amide bonds. The average molecular weight is 286 g/mol. The van der Waals surface area contributed by atoms with Crippen molar-refractivity contribution in [2.45, 2.75) is 52.6 Å². The zero-order chi connectivity index (χ0) is 15.4. The molecule has 0 saturated heterocycles. The molecule has 1 heterocycles.